The Hall–Kier alpha value is -6.96. The highest BCUT2D eigenvalue weighted by Crippen LogP contribution is 2.63. The quantitative estimate of drug-likeness (QED) is 0.169. The fraction of sp³-hybridized carbons (Fsp3) is 0.103. The third kappa shape index (κ3) is 5.31. The van der Waals surface area contributed by atoms with Gasteiger partial charge in [0.25, 0.3) is 0 Å². The second kappa shape index (κ2) is 13.6. The van der Waals surface area contributed by atoms with E-state index in [0.717, 1.165) is 0 Å². The fourth-order valence-corrected chi connectivity index (χ4v) is 10.6. The molecule has 1 nitrogen and oxygen atoms in total. The Morgan fingerprint density at radius 3 is 1.61 bits per heavy atom. The van der Waals surface area contributed by atoms with Crippen LogP contribution in [0.2, 0.25) is 0 Å². The van der Waals surface area contributed by atoms with Crippen LogP contribution in [0.15, 0.2) is 212 Å². The van der Waals surface area contributed by atoms with Gasteiger partial charge in [-0.15, -0.1) is 0 Å². The van der Waals surface area contributed by atoms with E-state index in [1.165, 1.54) is 94.7 Å². The van der Waals surface area contributed by atoms with Crippen molar-refractivity contribution in [2.24, 2.45) is 0 Å². The van der Waals surface area contributed by atoms with Gasteiger partial charge in [-0.2, -0.15) is 0 Å². The minimum Gasteiger partial charge on any atom is -0.364 e. The Morgan fingerprint density at radius 2 is 0.915 bits per heavy atom. The van der Waals surface area contributed by atoms with Gasteiger partial charge in [0.1, 0.15) is 0 Å². The van der Waals surface area contributed by atoms with Crippen molar-refractivity contribution < 1.29 is 0 Å². The monoisotopic (exact) mass is 755 g/mol. The van der Waals surface area contributed by atoms with Crippen molar-refractivity contribution in [2.45, 2.75) is 30.7 Å². The molecule has 59 heavy (non-hydrogen) atoms. The van der Waals surface area contributed by atoms with Crippen LogP contribution in [0.3, 0.4) is 0 Å². The van der Waals surface area contributed by atoms with Gasteiger partial charge < -0.3 is 4.90 Å². The number of hydrogen-bond donors (Lipinski definition) is 0. The van der Waals surface area contributed by atoms with Gasteiger partial charge in [-0.3, -0.25) is 0 Å². The number of allylic oxidation sites excluding steroid dienone is 2. The summed E-state index contributed by atoms with van der Waals surface area (Å²) in [6.45, 7) is 4.77. The molecular weight excluding hydrogens is 711 g/mol. The van der Waals surface area contributed by atoms with Crippen molar-refractivity contribution >= 4 is 11.3 Å². The second-order valence-corrected chi connectivity index (χ2v) is 16.9. The molecule has 0 saturated heterocycles. The molecular formula is C58H45N. The molecule has 8 aromatic rings. The summed E-state index contributed by atoms with van der Waals surface area (Å²) in [7, 11) is 2.22. The Bertz CT molecular complexity index is 2920. The van der Waals surface area contributed by atoms with Crippen LogP contribution >= 0.6 is 0 Å². The second-order valence-electron chi connectivity index (χ2n) is 16.9. The normalized spacial score (nSPS) is 16.7. The van der Waals surface area contributed by atoms with Crippen LogP contribution in [-0.2, 0) is 10.8 Å². The Morgan fingerprint density at radius 1 is 0.407 bits per heavy atom. The Labute approximate surface area is 348 Å². The number of fused-ring (bicyclic) bond motifs is 9. The lowest BCUT2D eigenvalue weighted by atomic mass is 9.55. The van der Waals surface area contributed by atoms with Gasteiger partial charge >= 0.3 is 0 Å². The van der Waals surface area contributed by atoms with E-state index in [4.69, 9.17) is 0 Å². The molecule has 3 aliphatic rings. The number of benzene rings is 8. The van der Waals surface area contributed by atoms with Gasteiger partial charge in [0.15, 0.2) is 0 Å². The summed E-state index contributed by atoms with van der Waals surface area (Å²) in [5, 5.41) is 0. The summed E-state index contributed by atoms with van der Waals surface area (Å²) in [5.41, 5.74) is 21.5. The standard InChI is InChI=1S/C58H45N/c1-57(2)49-27-12-14-29-51(49)58(52-30-15-13-28-50(52)57)48-26-11-10-24-47(48)56-46(25-17-31-53(56)58)41-34-32-40(33-35-41)43-22-16-23-44(36-43)55-38-45(39-18-6-4-7-19-39)37-54(59(55)3)42-20-8-5-9-21-42/h4-38,54H,1-3H3. The molecule has 0 N–H and O–H groups in total. The van der Waals surface area contributed by atoms with Crippen LogP contribution < -0.4 is 0 Å². The molecule has 1 heterocycles. The highest BCUT2D eigenvalue weighted by atomic mass is 15.1. The van der Waals surface area contributed by atoms with E-state index in [1.54, 1.807) is 0 Å². The molecule has 0 amide bonds. The fourth-order valence-electron chi connectivity index (χ4n) is 10.6. The van der Waals surface area contributed by atoms with E-state index < -0.39 is 5.41 Å². The molecule has 11 rings (SSSR count). The van der Waals surface area contributed by atoms with Crippen molar-refractivity contribution in [1.82, 2.24) is 4.90 Å². The number of likely N-dealkylation sites (N-methyl/N-ethyl adjacent to an activating group) is 1. The van der Waals surface area contributed by atoms with E-state index in [0.29, 0.717) is 0 Å². The van der Waals surface area contributed by atoms with Crippen LogP contribution in [0.4, 0.5) is 0 Å². The maximum atomic E-state index is 2.41. The van der Waals surface area contributed by atoms with E-state index in [-0.39, 0.29) is 11.5 Å². The Kier molecular flexibility index (Phi) is 8.10. The molecule has 0 aromatic heterocycles. The third-order valence-corrected chi connectivity index (χ3v) is 13.4. The number of hydrogen-bond acceptors (Lipinski definition) is 1. The summed E-state index contributed by atoms with van der Waals surface area (Å²) in [6, 6.07) is 74.5. The Balaban J connectivity index is 1.00. The van der Waals surface area contributed by atoms with Gasteiger partial charge in [-0.25, -0.2) is 0 Å². The van der Waals surface area contributed by atoms with Crippen LogP contribution in [0, 0.1) is 0 Å². The molecule has 0 fully saturated rings. The zero-order chi connectivity index (χ0) is 39.7. The SMILES string of the molecule is CN1C(c2cccc(-c3ccc(-c4cccc5c4-c4ccccc4C54c5ccccc5C(C)(C)c5ccccc54)cc3)c2)=CC(c2ccccc2)=CC1c1ccccc1. The van der Waals surface area contributed by atoms with Gasteiger partial charge in [0, 0.05) is 18.2 Å². The third-order valence-electron chi connectivity index (χ3n) is 13.4. The van der Waals surface area contributed by atoms with Crippen molar-refractivity contribution in [3.8, 4) is 33.4 Å². The van der Waals surface area contributed by atoms with E-state index in [9.17, 15) is 0 Å². The van der Waals surface area contributed by atoms with Gasteiger partial charge in [-0.1, -0.05) is 208 Å². The molecule has 1 heteroatoms. The smallest absolute Gasteiger partial charge is 0.0732 e. The molecule has 2 aliphatic carbocycles. The van der Waals surface area contributed by atoms with E-state index in [2.05, 4.69) is 238 Å². The van der Waals surface area contributed by atoms with E-state index in [1.807, 2.05) is 0 Å². The summed E-state index contributed by atoms with van der Waals surface area (Å²) >= 11 is 0. The highest BCUT2D eigenvalue weighted by Gasteiger charge is 2.53. The molecule has 1 unspecified atom stereocenters. The van der Waals surface area contributed by atoms with Crippen LogP contribution in [0.5, 0.6) is 0 Å². The molecule has 1 aliphatic heterocycles. The maximum absolute atomic E-state index is 2.41. The molecule has 1 spiro atoms. The first-order valence-electron chi connectivity index (χ1n) is 20.9. The average Bonchev–Trinajstić information content (AvgIpc) is 3.60. The minimum atomic E-state index is -0.402. The topological polar surface area (TPSA) is 3.24 Å². The van der Waals surface area contributed by atoms with E-state index >= 15 is 0 Å². The predicted molar refractivity (Wildman–Crippen MR) is 246 cm³/mol. The minimum absolute atomic E-state index is 0.117. The molecule has 282 valence electrons. The average molecular weight is 756 g/mol. The lowest BCUT2D eigenvalue weighted by molar-refractivity contribution is 0.413. The highest BCUT2D eigenvalue weighted by molar-refractivity contribution is 5.97. The van der Waals surface area contributed by atoms with Gasteiger partial charge in [0.05, 0.1) is 11.5 Å². The van der Waals surface area contributed by atoms with Crippen LogP contribution in [-0.4, -0.2) is 11.9 Å². The first-order chi connectivity index (χ1) is 28.9. The lowest BCUT2D eigenvalue weighted by Crippen LogP contribution is -2.40. The van der Waals surface area contributed by atoms with Crippen molar-refractivity contribution in [3.63, 3.8) is 0 Å². The first-order valence-corrected chi connectivity index (χ1v) is 20.9. The summed E-state index contributed by atoms with van der Waals surface area (Å²) < 4.78 is 0. The van der Waals surface area contributed by atoms with Gasteiger partial charge in [-0.05, 0) is 107 Å². The molecule has 1 atom stereocenters. The predicted octanol–water partition coefficient (Wildman–Crippen LogP) is 14.1. The largest absolute Gasteiger partial charge is 0.364 e. The van der Waals surface area contributed by atoms with Crippen molar-refractivity contribution in [3.05, 3.63) is 262 Å². The number of rotatable bonds is 5. The van der Waals surface area contributed by atoms with Crippen LogP contribution in [0.25, 0.3) is 44.7 Å². The van der Waals surface area contributed by atoms with Crippen LogP contribution in [0.1, 0.15) is 70.0 Å². The van der Waals surface area contributed by atoms with Crippen molar-refractivity contribution in [1.29, 1.82) is 0 Å². The molecule has 8 aromatic carbocycles. The molecule has 0 bridgehead atoms. The first kappa shape index (κ1) is 35.2. The lowest BCUT2D eigenvalue weighted by Gasteiger charge is -2.46. The van der Waals surface area contributed by atoms with Crippen molar-refractivity contribution in [2.75, 3.05) is 7.05 Å². The summed E-state index contributed by atoms with van der Waals surface area (Å²) in [4.78, 5) is 2.41. The summed E-state index contributed by atoms with van der Waals surface area (Å²) in [6.07, 6.45) is 4.74. The van der Waals surface area contributed by atoms with Gasteiger partial charge in [0.2, 0.25) is 0 Å². The zero-order valence-corrected chi connectivity index (χ0v) is 33.7. The molecule has 0 radical (unpaired) electrons. The number of nitrogens with zero attached hydrogens (tertiary/aromatic N) is 1. The zero-order valence-electron chi connectivity index (χ0n) is 33.7. The molecule has 0 saturated carbocycles. The summed E-state index contributed by atoms with van der Waals surface area (Å²) in [5.74, 6) is 0. The maximum Gasteiger partial charge on any atom is 0.0732 e.